The molecular weight excluding hydrogens is 483 g/mol. The van der Waals surface area contributed by atoms with Crippen molar-refractivity contribution in [2.45, 2.75) is 56.9 Å². The number of anilines is 1. The highest BCUT2D eigenvalue weighted by Gasteiger charge is 2.45. The van der Waals surface area contributed by atoms with Crippen LogP contribution in [0, 0.1) is 17.8 Å². The number of amides is 1. The molecule has 4 aliphatic rings. The van der Waals surface area contributed by atoms with E-state index in [2.05, 4.69) is 20.8 Å². The number of carbonyl (C=O) groups excluding carboxylic acids is 1. The summed E-state index contributed by atoms with van der Waals surface area (Å²) in [6.45, 7) is 3.00. The first-order valence-corrected chi connectivity index (χ1v) is 13.2. The summed E-state index contributed by atoms with van der Waals surface area (Å²) in [6, 6.07) is 6.45. The number of fused-ring (bicyclic) bond motifs is 2. The Morgan fingerprint density at radius 1 is 1.16 bits per heavy atom. The quantitative estimate of drug-likeness (QED) is 0.617. The van der Waals surface area contributed by atoms with Crippen molar-refractivity contribution in [3.63, 3.8) is 0 Å². The molecule has 1 aromatic heterocycles. The molecule has 2 aromatic rings. The zero-order chi connectivity index (χ0) is 25.7. The summed E-state index contributed by atoms with van der Waals surface area (Å²) in [6.07, 6.45) is 0.383. The molecule has 6 rings (SSSR count). The lowest BCUT2D eigenvalue weighted by Crippen LogP contribution is -2.33. The minimum absolute atomic E-state index is 0.0583. The average Bonchev–Trinajstić information content (AvgIpc) is 3.53. The Morgan fingerprint density at radius 3 is 2.76 bits per heavy atom. The summed E-state index contributed by atoms with van der Waals surface area (Å²) >= 11 is 0. The van der Waals surface area contributed by atoms with Crippen LogP contribution in [-0.2, 0) is 17.5 Å². The zero-order valence-electron chi connectivity index (χ0n) is 20.9. The molecule has 0 radical (unpaired) electrons. The molecule has 1 amide bonds. The lowest BCUT2D eigenvalue weighted by Gasteiger charge is -2.28. The first kappa shape index (κ1) is 24.6. The third kappa shape index (κ3) is 4.81. The van der Waals surface area contributed by atoms with Gasteiger partial charge in [-0.15, -0.1) is 10.2 Å². The SMILES string of the molecule is CN1Cc2cc(-c3cc(C(F)(F)F)c(N[C@H]4C[C@@H]5CN[C@@H](CC6CCOCC6)[C@H]5C4)nn3)ccc2C1=O. The third-order valence-corrected chi connectivity index (χ3v) is 8.66. The smallest absolute Gasteiger partial charge is 0.381 e. The Bertz CT molecular complexity index is 1180. The van der Waals surface area contributed by atoms with Crippen molar-refractivity contribution < 1.29 is 22.7 Å². The Kier molecular flexibility index (Phi) is 6.35. The van der Waals surface area contributed by atoms with Crippen LogP contribution < -0.4 is 10.6 Å². The standard InChI is InChI=1S/C27H32F3N5O2/c1-35-14-18-9-16(2-3-20(18)26(35)36)23-12-22(27(28,29)30)25(34-33-23)32-19-10-17-13-31-24(21(17)11-19)8-15-4-6-37-7-5-15/h2-3,9,12,15,17,19,21,24,31H,4-8,10-11,13-14H2,1H3,(H,32,34)/t17-,19+,21+,24+/m1/s1. The van der Waals surface area contributed by atoms with Crippen LogP contribution in [0.2, 0.25) is 0 Å². The van der Waals surface area contributed by atoms with Crippen LogP contribution in [-0.4, -0.2) is 59.9 Å². The molecule has 37 heavy (non-hydrogen) atoms. The zero-order valence-corrected chi connectivity index (χ0v) is 20.9. The van der Waals surface area contributed by atoms with Crippen molar-refractivity contribution in [3.05, 3.63) is 41.0 Å². The van der Waals surface area contributed by atoms with E-state index in [1.165, 1.54) is 0 Å². The van der Waals surface area contributed by atoms with Crippen LogP contribution in [0.3, 0.4) is 0 Å². The van der Waals surface area contributed by atoms with Gasteiger partial charge in [0.2, 0.25) is 0 Å². The molecular formula is C27H32F3N5O2. The van der Waals surface area contributed by atoms with Crippen molar-refractivity contribution in [3.8, 4) is 11.3 Å². The fourth-order valence-corrected chi connectivity index (χ4v) is 6.73. The second-order valence-electron chi connectivity index (χ2n) is 11.1. The first-order chi connectivity index (χ1) is 17.8. The van der Waals surface area contributed by atoms with Crippen LogP contribution in [0.15, 0.2) is 24.3 Å². The van der Waals surface area contributed by atoms with Gasteiger partial charge in [-0.05, 0) is 80.2 Å². The second kappa shape index (κ2) is 9.54. The first-order valence-electron chi connectivity index (χ1n) is 13.2. The normalized spacial score (nSPS) is 28.0. The van der Waals surface area contributed by atoms with E-state index >= 15 is 0 Å². The van der Waals surface area contributed by atoms with E-state index in [1.54, 1.807) is 30.1 Å². The Balaban J connectivity index is 1.18. The van der Waals surface area contributed by atoms with Gasteiger partial charge in [-0.3, -0.25) is 4.79 Å². The fraction of sp³-hybridized carbons (Fsp3) is 0.593. The molecule has 1 saturated carbocycles. The van der Waals surface area contributed by atoms with E-state index in [4.69, 9.17) is 4.74 Å². The monoisotopic (exact) mass is 515 g/mol. The van der Waals surface area contributed by atoms with Gasteiger partial charge < -0.3 is 20.3 Å². The number of carbonyl (C=O) groups is 1. The van der Waals surface area contributed by atoms with E-state index in [0.717, 1.165) is 63.5 Å². The molecule has 0 bridgehead atoms. The molecule has 10 heteroatoms. The van der Waals surface area contributed by atoms with Gasteiger partial charge in [0.15, 0.2) is 5.82 Å². The number of benzene rings is 1. The van der Waals surface area contributed by atoms with Gasteiger partial charge in [-0.25, -0.2) is 0 Å². The molecule has 1 aliphatic carbocycles. The Hall–Kier alpha value is -2.72. The maximum Gasteiger partial charge on any atom is 0.420 e. The highest BCUT2D eigenvalue weighted by Crippen LogP contribution is 2.43. The maximum absolute atomic E-state index is 14.1. The van der Waals surface area contributed by atoms with Crippen LogP contribution in [0.25, 0.3) is 11.3 Å². The third-order valence-electron chi connectivity index (χ3n) is 8.66. The van der Waals surface area contributed by atoms with E-state index in [-0.39, 0.29) is 23.5 Å². The number of nitrogens with one attached hydrogen (secondary N) is 2. The van der Waals surface area contributed by atoms with Gasteiger partial charge in [0.1, 0.15) is 5.56 Å². The lowest BCUT2D eigenvalue weighted by molar-refractivity contribution is -0.137. The molecule has 3 fully saturated rings. The van der Waals surface area contributed by atoms with Crippen molar-refractivity contribution >= 4 is 11.7 Å². The summed E-state index contributed by atoms with van der Waals surface area (Å²) in [4.78, 5) is 13.7. The molecule has 4 atom stereocenters. The van der Waals surface area contributed by atoms with E-state index in [9.17, 15) is 18.0 Å². The number of nitrogens with zero attached hydrogens (tertiary/aromatic N) is 3. The highest BCUT2D eigenvalue weighted by atomic mass is 19.4. The second-order valence-corrected chi connectivity index (χ2v) is 11.1. The molecule has 0 spiro atoms. The van der Waals surface area contributed by atoms with E-state index in [0.29, 0.717) is 41.5 Å². The van der Waals surface area contributed by atoms with Gasteiger partial charge in [-0.1, -0.05) is 6.07 Å². The topological polar surface area (TPSA) is 79.4 Å². The molecule has 0 unspecified atom stereocenters. The minimum Gasteiger partial charge on any atom is -0.381 e. The molecule has 2 N–H and O–H groups in total. The summed E-state index contributed by atoms with van der Waals surface area (Å²) in [5.41, 5.74) is 1.21. The summed E-state index contributed by atoms with van der Waals surface area (Å²) in [7, 11) is 1.70. The molecule has 7 nitrogen and oxygen atoms in total. The number of hydrogen-bond donors (Lipinski definition) is 2. The molecule has 1 aromatic carbocycles. The number of ether oxygens (including phenoxy) is 1. The Labute approximate surface area is 214 Å². The van der Waals surface area contributed by atoms with Crippen molar-refractivity contribution in [2.24, 2.45) is 17.8 Å². The number of alkyl halides is 3. The van der Waals surface area contributed by atoms with Crippen LogP contribution in [0.4, 0.5) is 19.0 Å². The van der Waals surface area contributed by atoms with E-state index < -0.39 is 11.7 Å². The predicted molar refractivity (Wildman–Crippen MR) is 132 cm³/mol. The minimum atomic E-state index is -4.57. The molecule has 4 heterocycles. The van der Waals surface area contributed by atoms with Gasteiger partial charge >= 0.3 is 6.18 Å². The number of halogens is 3. The summed E-state index contributed by atoms with van der Waals surface area (Å²) in [5, 5.41) is 15.0. The van der Waals surface area contributed by atoms with Crippen molar-refractivity contribution in [1.29, 1.82) is 0 Å². The van der Waals surface area contributed by atoms with Gasteiger partial charge in [0, 0.05) is 50.0 Å². The van der Waals surface area contributed by atoms with Crippen LogP contribution in [0.1, 0.15) is 53.6 Å². The maximum atomic E-state index is 14.1. The van der Waals surface area contributed by atoms with Gasteiger partial charge in [-0.2, -0.15) is 13.2 Å². The number of aromatic nitrogens is 2. The van der Waals surface area contributed by atoms with Crippen LogP contribution in [0.5, 0.6) is 0 Å². The van der Waals surface area contributed by atoms with E-state index in [1.807, 2.05) is 0 Å². The predicted octanol–water partition coefficient (Wildman–Crippen LogP) is 4.34. The average molecular weight is 516 g/mol. The van der Waals surface area contributed by atoms with Crippen molar-refractivity contribution in [2.75, 3.05) is 32.1 Å². The van der Waals surface area contributed by atoms with Crippen LogP contribution >= 0.6 is 0 Å². The Morgan fingerprint density at radius 2 is 1.97 bits per heavy atom. The molecule has 198 valence electrons. The lowest BCUT2D eigenvalue weighted by atomic mass is 9.85. The summed E-state index contributed by atoms with van der Waals surface area (Å²) in [5.74, 6) is 1.30. The fourth-order valence-electron chi connectivity index (χ4n) is 6.73. The van der Waals surface area contributed by atoms with Gasteiger partial charge in [0.05, 0.1) is 5.69 Å². The van der Waals surface area contributed by atoms with Gasteiger partial charge in [0.25, 0.3) is 5.91 Å². The number of rotatable bonds is 5. The highest BCUT2D eigenvalue weighted by molar-refractivity contribution is 5.98. The number of hydrogen-bond acceptors (Lipinski definition) is 6. The molecule has 2 saturated heterocycles. The largest absolute Gasteiger partial charge is 0.420 e. The van der Waals surface area contributed by atoms with Crippen molar-refractivity contribution in [1.82, 2.24) is 20.4 Å². The molecule has 3 aliphatic heterocycles. The summed E-state index contributed by atoms with van der Waals surface area (Å²) < 4.78 is 47.8.